The molecule has 3 aromatic rings. The van der Waals surface area contributed by atoms with E-state index in [9.17, 15) is 9.59 Å². The van der Waals surface area contributed by atoms with Gasteiger partial charge in [0.25, 0.3) is 0 Å². The average Bonchev–Trinajstić information content (AvgIpc) is 2.67. The molecule has 0 unspecified atom stereocenters. The van der Waals surface area contributed by atoms with Crippen LogP contribution in [0.2, 0.25) is 0 Å². The van der Waals surface area contributed by atoms with E-state index in [1.54, 1.807) is 24.3 Å². The van der Waals surface area contributed by atoms with Crippen molar-refractivity contribution in [1.29, 1.82) is 0 Å². The maximum absolute atomic E-state index is 13.0. The van der Waals surface area contributed by atoms with Crippen LogP contribution >= 0.6 is 11.8 Å². The molecule has 3 N–H and O–H groups in total. The van der Waals surface area contributed by atoms with Gasteiger partial charge >= 0.3 is 0 Å². The number of hydrogen-bond acceptors (Lipinski definition) is 3. The number of hydrogen-bond donors (Lipinski definition) is 2. The van der Waals surface area contributed by atoms with Gasteiger partial charge in [-0.05, 0) is 35.9 Å². The van der Waals surface area contributed by atoms with E-state index < -0.39 is 11.2 Å². The number of benzene rings is 3. The summed E-state index contributed by atoms with van der Waals surface area (Å²) in [5, 5.41) is 2.47. The minimum atomic E-state index is -0.528. The summed E-state index contributed by atoms with van der Waals surface area (Å²) in [4.78, 5) is 25.3. The number of carbonyl (C=O) groups is 2. The molecule has 0 aliphatic rings. The standard InChI is InChI=1S/C21H18N2O2S/c22-20(24)16-10-7-11-17(14-16)23-21(25)19(15-8-3-1-4-9-15)26-18-12-5-2-6-13-18/h1-14,19H,(H2,22,24)(H,23,25)/t19-/m1/s1. The molecule has 26 heavy (non-hydrogen) atoms. The number of primary amides is 1. The topological polar surface area (TPSA) is 72.2 Å². The van der Waals surface area contributed by atoms with Crippen molar-refractivity contribution in [2.45, 2.75) is 10.1 Å². The van der Waals surface area contributed by atoms with E-state index in [1.165, 1.54) is 11.8 Å². The second-order valence-electron chi connectivity index (χ2n) is 5.66. The summed E-state index contributed by atoms with van der Waals surface area (Å²) in [6.45, 7) is 0. The molecule has 0 aliphatic heterocycles. The van der Waals surface area contributed by atoms with Crippen LogP contribution < -0.4 is 11.1 Å². The van der Waals surface area contributed by atoms with Crippen molar-refractivity contribution in [3.63, 3.8) is 0 Å². The monoisotopic (exact) mass is 362 g/mol. The smallest absolute Gasteiger partial charge is 0.248 e. The normalized spacial score (nSPS) is 11.5. The van der Waals surface area contributed by atoms with Crippen LogP contribution in [0, 0.1) is 0 Å². The summed E-state index contributed by atoms with van der Waals surface area (Å²) in [7, 11) is 0. The Bertz CT molecular complexity index is 898. The van der Waals surface area contributed by atoms with Crippen LogP contribution in [0.15, 0.2) is 89.8 Å². The minimum absolute atomic E-state index is 0.160. The summed E-state index contributed by atoms with van der Waals surface area (Å²) >= 11 is 1.48. The number of anilines is 1. The van der Waals surface area contributed by atoms with Gasteiger partial charge in [0, 0.05) is 16.1 Å². The summed E-state index contributed by atoms with van der Waals surface area (Å²) in [6.07, 6.45) is 0. The Hall–Kier alpha value is -3.05. The zero-order valence-electron chi connectivity index (χ0n) is 14.0. The SMILES string of the molecule is NC(=O)c1cccc(NC(=O)[C@H](Sc2ccccc2)c2ccccc2)c1. The maximum atomic E-state index is 13.0. The third kappa shape index (κ3) is 4.52. The molecule has 5 heteroatoms. The Morgan fingerprint density at radius 3 is 2.15 bits per heavy atom. The molecule has 0 fully saturated rings. The molecule has 0 saturated carbocycles. The van der Waals surface area contributed by atoms with Gasteiger partial charge in [-0.3, -0.25) is 9.59 Å². The average molecular weight is 362 g/mol. The van der Waals surface area contributed by atoms with Crippen molar-refractivity contribution in [2.24, 2.45) is 5.73 Å². The molecule has 0 radical (unpaired) electrons. The molecule has 0 spiro atoms. The van der Waals surface area contributed by atoms with Crippen LogP contribution in [-0.2, 0) is 4.79 Å². The van der Waals surface area contributed by atoms with E-state index in [1.807, 2.05) is 60.7 Å². The predicted octanol–water partition coefficient (Wildman–Crippen LogP) is 4.26. The molecule has 0 saturated heterocycles. The van der Waals surface area contributed by atoms with Gasteiger partial charge in [0.2, 0.25) is 11.8 Å². The highest BCUT2D eigenvalue weighted by molar-refractivity contribution is 8.00. The fourth-order valence-corrected chi connectivity index (χ4v) is 3.54. The number of nitrogens with two attached hydrogens (primary N) is 1. The summed E-state index contributed by atoms with van der Waals surface area (Å²) in [5.41, 5.74) is 7.12. The van der Waals surface area contributed by atoms with Crippen molar-refractivity contribution in [1.82, 2.24) is 0 Å². The van der Waals surface area contributed by atoms with Crippen LogP contribution in [0.25, 0.3) is 0 Å². The molecule has 0 bridgehead atoms. The van der Waals surface area contributed by atoms with Crippen molar-refractivity contribution < 1.29 is 9.59 Å². The Kier molecular flexibility index (Phi) is 5.71. The first-order chi connectivity index (χ1) is 12.6. The number of amides is 2. The molecule has 0 aliphatic carbocycles. The van der Waals surface area contributed by atoms with E-state index in [2.05, 4.69) is 5.32 Å². The molecular formula is C21H18N2O2S. The van der Waals surface area contributed by atoms with Crippen LogP contribution in [0.1, 0.15) is 21.2 Å². The van der Waals surface area contributed by atoms with Gasteiger partial charge in [-0.2, -0.15) is 0 Å². The molecule has 3 rings (SSSR count). The van der Waals surface area contributed by atoms with Crippen molar-refractivity contribution in [3.8, 4) is 0 Å². The van der Waals surface area contributed by atoms with Gasteiger partial charge in [-0.25, -0.2) is 0 Å². The lowest BCUT2D eigenvalue weighted by Gasteiger charge is -2.17. The van der Waals surface area contributed by atoms with Gasteiger partial charge in [0.15, 0.2) is 0 Å². The molecule has 3 aromatic carbocycles. The first-order valence-electron chi connectivity index (χ1n) is 8.11. The third-order valence-electron chi connectivity index (χ3n) is 3.75. The predicted molar refractivity (Wildman–Crippen MR) is 105 cm³/mol. The Morgan fingerprint density at radius 2 is 1.50 bits per heavy atom. The van der Waals surface area contributed by atoms with E-state index in [0.717, 1.165) is 10.5 Å². The van der Waals surface area contributed by atoms with Gasteiger partial charge in [-0.15, -0.1) is 11.8 Å². The summed E-state index contributed by atoms with van der Waals surface area (Å²) in [5.74, 6) is -0.689. The maximum Gasteiger partial charge on any atom is 0.248 e. The second-order valence-corrected chi connectivity index (χ2v) is 6.83. The van der Waals surface area contributed by atoms with E-state index in [-0.39, 0.29) is 5.91 Å². The first-order valence-corrected chi connectivity index (χ1v) is 8.99. The minimum Gasteiger partial charge on any atom is -0.366 e. The molecule has 1 atom stereocenters. The zero-order chi connectivity index (χ0) is 18.4. The lowest BCUT2D eigenvalue weighted by molar-refractivity contribution is -0.115. The lowest BCUT2D eigenvalue weighted by atomic mass is 10.1. The number of thioether (sulfide) groups is 1. The van der Waals surface area contributed by atoms with Gasteiger partial charge < -0.3 is 11.1 Å². The van der Waals surface area contributed by atoms with Gasteiger partial charge in [0.1, 0.15) is 5.25 Å². The zero-order valence-corrected chi connectivity index (χ0v) is 14.8. The number of carbonyl (C=O) groups excluding carboxylic acids is 2. The first kappa shape index (κ1) is 17.8. The van der Waals surface area contributed by atoms with Crippen LogP contribution in [0.5, 0.6) is 0 Å². The van der Waals surface area contributed by atoms with Crippen molar-refractivity contribution in [2.75, 3.05) is 5.32 Å². The van der Waals surface area contributed by atoms with Gasteiger partial charge in [0.05, 0.1) is 0 Å². The highest BCUT2D eigenvalue weighted by Gasteiger charge is 2.22. The van der Waals surface area contributed by atoms with Crippen LogP contribution in [0.3, 0.4) is 0 Å². The number of nitrogens with one attached hydrogen (secondary N) is 1. The summed E-state index contributed by atoms with van der Waals surface area (Å²) in [6, 6.07) is 26.0. The Morgan fingerprint density at radius 1 is 0.846 bits per heavy atom. The largest absolute Gasteiger partial charge is 0.366 e. The van der Waals surface area contributed by atoms with E-state index in [4.69, 9.17) is 5.73 Å². The van der Waals surface area contributed by atoms with E-state index >= 15 is 0 Å². The van der Waals surface area contributed by atoms with Crippen LogP contribution in [0.4, 0.5) is 5.69 Å². The highest BCUT2D eigenvalue weighted by Crippen LogP contribution is 2.36. The lowest BCUT2D eigenvalue weighted by Crippen LogP contribution is -2.19. The molecule has 130 valence electrons. The molecular weight excluding hydrogens is 344 g/mol. The molecule has 0 aromatic heterocycles. The third-order valence-corrected chi connectivity index (χ3v) is 5.02. The Balaban J connectivity index is 1.85. The van der Waals surface area contributed by atoms with Crippen molar-refractivity contribution >= 4 is 29.3 Å². The van der Waals surface area contributed by atoms with Crippen molar-refractivity contribution in [3.05, 3.63) is 96.1 Å². The fraction of sp³-hybridized carbons (Fsp3) is 0.0476. The van der Waals surface area contributed by atoms with Crippen LogP contribution in [-0.4, -0.2) is 11.8 Å². The second kappa shape index (κ2) is 8.36. The fourth-order valence-electron chi connectivity index (χ4n) is 2.49. The Labute approximate surface area is 156 Å². The molecule has 4 nitrogen and oxygen atoms in total. The molecule has 0 heterocycles. The molecule has 2 amide bonds. The van der Waals surface area contributed by atoms with E-state index in [0.29, 0.717) is 11.3 Å². The quantitative estimate of drug-likeness (QED) is 0.644. The summed E-state index contributed by atoms with van der Waals surface area (Å²) < 4.78 is 0. The number of rotatable bonds is 6. The highest BCUT2D eigenvalue weighted by atomic mass is 32.2. The van der Waals surface area contributed by atoms with Gasteiger partial charge in [-0.1, -0.05) is 54.6 Å².